The van der Waals surface area contributed by atoms with Crippen LogP contribution in [-0.4, -0.2) is 17.0 Å². The Balaban J connectivity index is 2.06. The van der Waals surface area contributed by atoms with Gasteiger partial charge in [0.2, 0.25) is 0 Å². The molecule has 1 aromatic heterocycles. The van der Waals surface area contributed by atoms with Gasteiger partial charge in [-0.25, -0.2) is 0 Å². The topological polar surface area (TPSA) is 66.4 Å². The Morgan fingerprint density at radius 1 is 1.30 bits per heavy atom. The SMILES string of the molecule is O=C(O)CCc1cccc(NC(=O)c2sccc2Br)c1. The molecule has 0 aliphatic rings. The molecule has 20 heavy (non-hydrogen) atoms. The number of hydrogen-bond donors (Lipinski definition) is 2. The molecule has 104 valence electrons. The van der Waals surface area contributed by atoms with Crippen molar-refractivity contribution >= 4 is 44.8 Å². The highest BCUT2D eigenvalue weighted by atomic mass is 79.9. The molecule has 0 saturated heterocycles. The van der Waals surface area contributed by atoms with Crippen LogP contribution in [0.3, 0.4) is 0 Å². The zero-order valence-electron chi connectivity index (χ0n) is 10.4. The number of thiophene rings is 1. The maximum atomic E-state index is 12.0. The molecule has 6 heteroatoms. The number of rotatable bonds is 5. The average Bonchev–Trinajstić information content (AvgIpc) is 2.83. The van der Waals surface area contributed by atoms with Gasteiger partial charge in [0.15, 0.2) is 0 Å². The number of hydrogen-bond acceptors (Lipinski definition) is 3. The van der Waals surface area contributed by atoms with Gasteiger partial charge in [-0.3, -0.25) is 9.59 Å². The van der Waals surface area contributed by atoms with Crippen molar-refractivity contribution in [3.05, 3.63) is 50.6 Å². The Morgan fingerprint density at radius 2 is 2.10 bits per heavy atom. The summed E-state index contributed by atoms with van der Waals surface area (Å²) in [6, 6.07) is 9.05. The molecule has 1 aromatic carbocycles. The second kappa shape index (κ2) is 6.67. The molecule has 2 aromatic rings. The quantitative estimate of drug-likeness (QED) is 0.859. The number of anilines is 1. The Labute approximate surface area is 128 Å². The van der Waals surface area contributed by atoms with E-state index in [1.165, 1.54) is 11.3 Å². The van der Waals surface area contributed by atoms with E-state index in [1.807, 2.05) is 17.5 Å². The average molecular weight is 354 g/mol. The van der Waals surface area contributed by atoms with Crippen molar-refractivity contribution in [2.75, 3.05) is 5.32 Å². The van der Waals surface area contributed by atoms with E-state index in [4.69, 9.17) is 5.11 Å². The first-order valence-electron chi connectivity index (χ1n) is 5.91. The molecule has 1 amide bonds. The molecular weight excluding hydrogens is 342 g/mol. The molecule has 0 saturated carbocycles. The fourth-order valence-electron chi connectivity index (χ4n) is 1.70. The molecule has 4 nitrogen and oxygen atoms in total. The van der Waals surface area contributed by atoms with Crippen LogP contribution in [0.15, 0.2) is 40.2 Å². The fraction of sp³-hybridized carbons (Fsp3) is 0.143. The largest absolute Gasteiger partial charge is 0.481 e. The second-order valence-electron chi connectivity index (χ2n) is 4.15. The summed E-state index contributed by atoms with van der Waals surface area (Å²) in [5, 5.41) is 13.3. The maximum absolute atomic E-state index is 12.0. The summed E-state index contributed by atoms with van der Waals surface area (Å²) in [6.45, 7) is 0. The first kappa shape index (κ1) is 14.7. The van der Waals surface area contributed by atoms with Crippen molar-refractivity contribution in [3.63, 3.8) is 0 Å². The highest BCUT2D eigenvalue weighted by Crippen LogP contribution is 2.24. The number of aryl methyl sites for hydroxylation is 1. The number of carbonyl (C=O) groups excluding carboxylic acids is 1. The first-order chi connectivity index (χ1) is 9.56. The molecule has 0 bridgehead atoms. The van der Waals surface area contributed by atoms with Gasteiger partial charge in [-0.15, -0.1) is 11.3 Å². The smallest absolute Gasteiger partial charge is 0.303 e. The Bertz CT molecular complexity index is 639. The van der Waals surface area contributed by atoms with Gasteiger partial charge in [0.1, 0.15) is 4.88 Å². The number of aliphatic carboxylic acids is 1. The molecule has 0 aliphatic heterocycles. The third kappa shape index (κ3) is 3.91. The van der Waals surface area contributed by atoms with Crippen LogP contribution in [0.2, 0.25) is 0 Å². The van der Waals surface area contributed by atoms with Crippen LogP contribution in [0, 0.1) is 0 Å². The van der Waals surface area contributed by atoms with Crippen LogP contribution in [0.4, 0.5) is 5.69 Å². The van der Waals surface area contributed by atoms with E-state index < -0.39 is 5.97 Å². The van der Waals surface area contributed by atoms with Gasteiger partial charge in [0, 0.05) is 16.6 Å². The molecule has 0 unspecified atom stereocenters. The normalized spacial score (nSPS) is 10.2. The van der Waals surface area contributed by atoms with Gasteiger partial charge in [-0.2, -0.15) is 0 Å². The lowest BCUT2D eigenvalue weighted by Gasteiger charge is -2.06. The number of carbonyl (C=O) groups is 2. The third-order valence-corrected chi connectivity index (χ3v) is 4.47. The van der Waals surface area contributed by atoms with E-state index >= 15 is 0 Å². The molecule has 0 atom stereocenters. The lowest BCUT2D eigenvalue weighted by atomic mass is 10.1. The number of nitrogens with one attached hydrogen (secondary N) is 1. The zero-order chi connectivity index (χ0) is 14.5. The number of halogens is 1. The lowest BCUT2D eigenvalue weighted by Crippen LogP contribution is -2.11. The van der Waals surface area contributed by atoms with Gasteiger partial charge < -0.3 is 10.4 Å². The third-order valence-electron chi connectivity index (χ3n) is 2.64. The Hall–Kier alpha value is -1.66. The highest BCUT2D eigenvalue weighted by molar-refractivity contribution is 9.10. The Kier molecular flexibility index (Phi) is 4.92. The molecular formula is C14H12BrNO3S. The van der Waals surface area contributed by atoms with Crippen molar-refractivity contribution in [2.45, 2.75) is 12.8 Å². The van der Waals surface area contributed by atoms with Crippen molar-refractivity contribution in [1.29, 1.82) is 0 Å². The van der Waals surface area contributed by atoms with Gasteiger partial charge in [-0.05, 0) is 51.5 Å². The molecule has 2 N–H and O–H groups in total. The minimum Gasteiger partial charge on any atom is -0.481 e. The Morgan fingerprint density at radius 3 is 2.75 bits per heavy atom. The second-order valence-corrected chi connectivity index (χ2v) is 5.92. The lowest BCUT2D eigenvalue weighted by molar-refractivity contribution is -0.136. The monoisotopic (exact) mass is 353 g/mol. The van der Waals surface area contributed by atoms with E-state index in [2.05, 4.69) is 21.2 Å². The van der Waals surface area contributed by atoms with E-state index in [9.17, 15) is 9.59 Å². The minimum atomic E-state index is -0.832. The molecule has 2 rings (SSSR count). The summed E-state index contributed by atoms with van der Waals surface area (Å²) in [5.74, 6) is -1.01. The summed E-state index contributed by atoms with van der Waals surface area (Å²) < 4.78 is 0.766. The summed E-state index contributed by atoms with van der Waals surface area (Å²) in [7, 11) is 0. The minimum absolute atomic E-state index is 0.0773. The number of amides is 1. The van der Waals surface area contributed by atoms with Crippen LogP contribution in [0.5, 0.6) is 0 Å². The fourth-order valence-corrected chi connectivity index (χ4v) is 3.15. The molecule has 0 aliphatic carbocycles. The van der Waals surface area contributed by atoms with Crippen LogP contribution in [0.1, 0.15) is 21.7 Å². The van der Waals surface area contributed by atoms with Crippen LogP contribution in [0.25, 0.3) is 0 Å². The van der Waals surface area contributed by atoms with E-state index in [-0.39, 0.29) is 12.3 Å². The zero-order valence-corrected chi connectivity index (χ0v) is 12.8. The van der Waals surface area contributed by atoms with E-state index in [1.54, 1.807) is 18.2 Å². The highest BCUT2D eigenvalue weighted by Gasteiger charge is 2.11. The summed E-state index contributed by atoms with van der Waals surface area (Å²) in [5.41, 5.74) is 1.55. The van der Waals surface area contributed by atoms with Gasteiger partial charge >= 0.3 is 5.97 Å². The van der Waals surface area contributed by atoms with Crippen LogP contribution < -0.4 is 5.32 Å². The van der Waals surface area contributed by atoms with Crippen molar-refractivity contribution in [1.82, 2.24) is 0 Å². The predicted molar refractivity (Wildman–Crippen MR) is 82.4 cm³/mol. The number of carboxylic acids is 1. The molecule has 1 heterocycles. The van der Waals surface area contributed by atoms with Gasteiger partial charge in [0.05, 0.1) is 0 Å². The van der Waals surface area contributed by atoms with Crippen molar-refractivity contribution in [3.8, 4) is 0 Å². The molecule has 0 fully saturated rings. The predicted octanol–water partition coefficient (Wildman–Crippen LogP) is 3.78. The van der Waals surface area contributed by atoms with E-state index in [0.29, 0.717) is 17.0 Å². The summed E-state index contributed by atoms with van der Waals surface area (Å²) in [6.07, 6.45) is 0.523. The summed E-state index contributed by atoms with van der Waals surface area (Å²) in [4.78, 5) is 23.2. The molecule has 0 radical (unpaired) electrons. The van der Waals surface area contributed by atoms with Crippen LogP contribution >= 0.6 is 27.3 Å². The number of carboxylic acid groups (broad SMARTS) is 1. The first-order valence-corrected chi connectivity index (χ1v) is 7.58. The van der Waals surface area contributed by atoms with Gasteiger partial charge in [0.25, 0.3) is 5.91 Å². The molecule has 0 spiro atoms. The number of benzene rings is 1. The van der Waals surface area contributed by atoms with Crippen LogP contribution in [-0.2, 0) is 11.2 Å². The van der Waals surface area contributed by atoms with Gasteiger partial charge in [-0.1, -0.05) is 12.1 Å². The van der Waals surface area contributed by atoms with E-state index in [0.717, 1.165) is 10.0 Å². The maximum Gasteiger partial charge on any atom is 0.303 e. The summed E-state index contributed by atoms with van der Waals surface area (Å²) >= 11 is 4.68. The standard InChI is InChI=1S/C14H12BrNO3S/c15-11-6-7-20-13(11)14(19)16-10-3-1-2-9(8-10)4-5-12(17)18/h1-3,6-8H,4-5H2,(H,16,19)(H,17,18). The van der Waals surface area contributed by atoms with Crippen molar-refractivity contribution in [2.24, 2.45) is 0 Å². The van der Waals surface area contributed by atoms with Crippen molar-refractivity contribution < 1.29 is 14.7 Å².